The van der Waals surface area contributed by atoms with E-state index >= 15 is 0 Å². The van der Waals surface area contributed by atoms with E-state index in [1.165, 1.54) is 21.3 Å². The molecular formula is C15H16ClN5O2S. The van der Waals surface area contributed by atoms with Crippen LogP contribution in [0.1, 0.15) is 29.6 Å². The number of likely N-dealkylation sites (tertiary alicyclic amines) is 1. The fourth-order valence-corrected chi connectivity index (χ4v) is 3.68. The molecule has 2 heterocycles. The van der Waals surface area contributed by atoms with Gasteiger partial charge in [0.25, 0.3) is 5.91 Å². The lowest BCUT2D eigenvalue weighted by molar-refractivity contribution is -0.127. The normalized spacial score (nSPS) is 18.5. The third kappa shape index (κ3) is 3.59. The van der Waals surface area contributed by atoms with E-state index in [4.69, 9.17) is 11.6 Å². The highest BCUT2D eigenvalue weighted by Crippen LogP contribution is 2.29. The molecule has 0 saturated carbocycles. The van der Waals surface area contributed by atoms with Crippen molar-refractivity contribution in [2.24, 2.45) is 7.05 Å². The molecule has 1 aromatic carbocycles. The molecule has 1 fully saturated rings. The zero-order chi connectivity index (χ0) is 17.1. The van der Waals surface area contributed by atoms with Gasteiger partial charge >= 0.3 is 0 Å². The first-order chi connectivity index (χ1) is 11.6. The van der Waals surface area contributed by atoms with Crippen LogP contribution in [-0.4, -0.2) is 48.7 Å². The van der Waals surface area contributed by atoms with Crippen LogP contribution in [0, 0.1) is 0 Å². The second kappa shape index (κ2) is 7.31. The molecule has 0 bridgehead atoms. The fourth-order valence-electron chi connectivity index (χ4n) is 2.51. The number of thioether (sulfide) groups is 1. The van der Waals surface area contributed by atoms with Crippen molar-refractivity contribution in [2.45, 2.75) is 29.7 Å². The van der Waals surface area contributed by atoms with E-state index in [-0.39, 0.29) is 17.1 Å². The first-order valence-electron chi connectivity index (χ1n) is 7.56. The van der Waals surface area contributed by atoms with Gasteiger partial charge in [-0.05, 0) is 47.5 Å². The van der Waals surface area contributed by atoms with Crippen molar-refractivity contribution in [3.05, 3.63) is 34.9 Å². The predicted molar refractivity (Wildman–Crippen MR) is 89.8 cm³/mol. The largest absolute Gasteiger partial charge is 0.278 e. The lowest BCUT2D eigenvalue weighted by atomic mass is 10.2. The summed E-state index contributed by atoms with van der Waals surface area (Å²) < 4.78 is 1.52. The van der Waals surface area contributed by atoms with Gasteiger partial charge in [0.2, 0.25) is 11.1 Å². The standard InChI is InChI=1S/C15H16ClN5O2S/c1-20-15(17-18-19-20)24-12-4-2-3-9-21(14(12)23)13(22)10-5-7-11(16)8-6-10/h5-8,12H,2-4,9H2,1H3. The van der Waals surface area contributed by atoms with E-state index in [9.17, 15) is 9.59 Å². The van der Waals surface area contributed by atoms with Crippen LogP contribution < -0.4 is 0 Å². The smallest absolute Gasteiger partial charge is 0.260 e. The lowest BCUT2D eigenvalue weighted by Crippen LogP contribution is -2.41. The number of carbonyl (C=O) groups is 2. The molecule has 3 rings (SSSR count). The number of amides is 2. The molecule has 7 nitrogen and oxygen atoms in total. The topological polar surface area (TPSA) is 81.0 Å². The quantitative estimate of drug-likeness (QED) is 0.775. The Hall–Kier alpha value is -1.93. The minimum Gasteiger partial charge on any atom is -0.278 e. The molecule has 24 heavy (non-hydrogen) atoms. The monoisotopic (exact) mass is 365 g/mol. The van der Waals surface area contributed by atoms with E-state index in [0.717, 1.165) is 12.8 Å². The maximum absolute atomic E-state index is 12.8. The average molecular weight is 366 g/mol. The molecule has 1 unspecified atom stereocenters. The Morgan fingerprint density at radius 1 is 1.29 bits per heavy atom. The molecule has 1 aliphatic rings. The van der Waals surface area contributed by atoms with Crippen LogP contribution in [-0.2, 0) is 11.8 Å². The number of halogens is 1. The second-order valence-electron chi connectivity index (χ2n) is 5.49. The van der Waals surface area contributed by atoms with E-state index in [1.807, 2.05) is 0 Å². The van der Waals surface area contributed by atoms with Crippen LogP contribution in [0.2, 0.25) is 5.02 Å². The zero-order valence-corrected chi connectivity index (χ0v) is 14.6. The summed E-state index contributed by atoms with van der Waals surface area (Å²) in [6, 6.07) is 6.57. The van der Waals surface area contributed by atoms with Gasteiger partial charge in [0.05, 0.1) is 5.25 Å². The molecule has 2 amide bonds. The number of carbonyl (C=O) groups excluding carboxylic acids is 2. The number of aryl methyl sites for hydroxylation is 1. The van der Waals surface area contributed by atoms with Crippen molar-refractivity contribution >= 4 is 35.2 Å². The summed E-state index contributed by atoms with van der Waals surface area (Å²) in [5, 5.41) is 12.0. The number of hydrogen-bond acceptors (Lipinski definition) is 6. The van der Waals surface area contributed by atoms with E-state index in [1.54, 1.807) is 31.3 Å². The van der Waals surface area contributed by atoms with Crippen molar-refractivity contribution in [2.75, 3.05) is 6.54 Å². The number of imide groups is 1. The summed E-state index contributed by atoms with van der Waals surface area (Å²) in [5.41, 5.74) is 0.457. The van der Waals surface area contributed by atoms with Gasteiger partial charge in [-0.3, -0.25) is 14.5 Å². The fraction of sp³-hybridized carbons (Fsp3) is 0.400. The molecule has 0 aliphatic carbocycles. The number of aromatic nitrogens is 4. The Kier molecular flexibility index (Phi) is 5.15. The van der Waals surface area contributed by atoms with Gasteiger partial charge in [0, 0.05) is 24.2 Å². The van der Waals surface area contributed by atoms with Crippen LogP contribution in [0.5, 0.6) is 0 Å². The van der Waals surface area contributed by atoms with Crippen LogP contribution in [0.25, 0.3) is 0 Å². The Morgan fingerprint density at radius 2 is 2.04 bits per heavy atom. The van der Waals surface area contributed by atoms with Gasteiger partial charge in [0.15, 0.2) is 0 Å². The number of nitrogens with zero attached hydrogens (tertiary/aromatic N) is 5. The van der Waals surface area contributed by atoms with Crippen molar-refractivity contribution < 1.29 is 9.59 Å². The van der Waals surface area contributed by atoms with Gasteiger partial charge in [0.1, 0.15) is 0 Å². The minimum absolute atomic E-state index is 0.194. The lowest BCUT2D eigenvalue weighted by Gasteiger charge is -2.22. The summed E-state index contributed by atoms with van der Waals surface area (Å²) >= 11 is 7.16. The van der Waals surface area contributed by atoms with E-state index in [0.29, 0.717) is 28.7 Å². The summed E-state index contributed by atoms with van der Waals surface area (Å²) in [5.74, 6) is -0.485. The highest BCUT2D eigenvalue weighted by molar-refractivity contribution is 8.00. The predicted octanol–water partition coefficient (Wildman–Crippen LogP) is 2.18. The number of benzene rings is 1. The third-order valence-corrected chi connectivity index (χ3v) is 5.34. The molecule has 0 radical (unpaired) electrons. The van der Waals surface area contributed by atoms with Gasteiger partial charge < -0.3 is 0 Å². The number of hydrogen-bond donors (Lipinski definition) is 0. The van der Waals surface area contributed by atoms with Crippen LogP contribution in [0.15, 0.2) is 29.4 Å². The van der Waals surface area contributed by atoms with Crippen LogP contribution in [0.4, 0.5) is 0 Å². The first-order valence-corrected chi connectivity index (χ1v) is 8.82. The zero-order valence-electron chi connectivity index (χ0n) is 13.1. The van der Waals surface area contributed by atoms with E-state index in [2.05, 4.69) is 15.5 Å². The molecule has 9 heteroatoms. The molecule has 1 aromatic heterocycles. The Balaban J connectivity index is 1.79. The van der Waals surface area contributed by atoms with Gasteiger partial charge in [-0.2, -0.15) is 0 Å². The van der Waals surface area contributed by atoms with Crippen molar-refractivity contribution in [1.29, 1.82) is 0 Å². The Bertz CT molecular complexity index is 749. The van der Waals surface area contributed by atoms with Crippen molar-refractivity contribution in [3.63, 3.8) is 0 Å². The molecule has 1 aliphatic heterocycles. The van der Waals surface area contributed by atoms with Gasteiger partial charge in [-0.25, -0.2) is 4.68 Å². The molecule has 0 spiro atoms. The maximum Gasteiger partial charge on any atom is 0.260 e. The summed E-state index contributed by atoms with van der Waals surface area (Å²) in [7, 11) is 1.72. The van der Waals surface area contributed by atoms with E-state index < -0.39 is 0 Å². The summed E-state index contributed by atoms with van der Waals surface area (Å²) in [4.78, 5) is 26.9. The van der Waals surface area contributed by atoms with Gasteiger partial charge in [-0.1, -0.05) is 29.8 Å². The average Bonchev–Trinajstić information content (AvgIpc) is 2.88. The maximum atomic E-state index is 12.8. The first kappa shape index (κ1) is 16.9. The van der Waals surface area contributed by atoms with Crippen LogP contribution in [0.3, 0.4) is 0 Å². The highest BCUT2D eigenvalue weighted by Gasteiger charge is 2.33. The second-order valence-corrected chi connectivity index (χ2v) is 7.10. The summed E-state index contributed by atoms with van der Waals surface area (Å²) in [6.45, 7) is 0.425. The minimum atomic E-state index is -0.367. The Morgan fingerprint density at radius 3 is 2.71 bits per heavy atom. The third-order valence-electron chi connectivity index (χ3n) is 3.80. The molecule has 1 saturated heterocycles. The van der Waals surface area contributed by atoms with Gasteiger partial charge in [-0.15, -0.1) is 5.10 Å². The van der Waals surface area contributed by atoms with Crippen molar-refractivity contribution in [3.8, 4) is 0 Å². The number of rotatable bonds is 3. The molecule has 126 valence electrons. The van der Waals surface area contributed by atoms with Crippen molar-refractivity contribution in [1.82, 2.24) is 25.1 Å². The highest BCUT2D eigenvalue weighted by atomic mass is 35.5. The van der Waals surface area contributed by atoms with Crippen LogP contribution >= 0.6 is 23.4 Å². The molecule has 1 atom stereocenters. The molecule has 2 aromatic rings. The number of tetrazole rings is 1. The molecular weight excluding hydrogens is 350 g/mol. The SMILES string of the molecule is Cn1nnnc1SC1CCCCN(C(=O)c2ccc(Cl)cc2)C1=O. The summed E-state index contributed by atoms with van der Waals surface area (Å²) in [6.07, 6.45) is 2.36. The Labute approximate surface area is 148 Å². The molecule has 0 N–H and O–H groups in total.